The zero-order chi connectivity index (χ0) is 18.5. The van der Waals surface area contributed by atoms with E-state index in [9.17, 15) is 20.1 Å². The zero-order valence-corrected chi connectivity index (χ0v) is 15.7. The Kier molecular flexibility index (Phi) is 3.33. The second kappa shape index (κ2) is 4.99. The molecule has 5 nitrogen and oxygen atoms in total. The van der Waals surface area contributed by atoms with Crippen LogP contribution in [0.4, 0.5) is 0 Å². The molecular weight excluding hydrogens is 332 g/mol. The van der Waals surface area contributed by atoms with E-state index in [1.807, 2.05) is 0 Å². The maximum Gasteiger partial charge on any atom is 0.155 e. The first-order valence-electron chi connectivity index (χ1n) is 10.2. The largest absolute Gasteiger partial charge is 0.394 e. The van der Waals surface area contributed by atoms with Gasteiger partial charge in [0.05, 0.1) is 18.3 Å². The van der Waals surface area contributed by atoms with Crippen LogP contribution < -0.4 is 0 Å². The van der Waals surface area contributed by atoms with E-state index in [-0.39, 0.29) is 41.2 Å². The summed E-state index contributed by atoms with van der Waals surface area (Å²) in [5.74, 6) is 0.647. The van der Waals surface area contributed by atoms with E-state index in [4.69, 9.17) is 4.74 Å². The van der Waals surface area contributed by atoms with Gasteiger partial charge >= 0.3 is 0 Å². The highest BCUT2D eigenvalue weighted by atomic mass is 16.6. The summed E-state index contributed by atoms with van der Waals surface area (Å²) in [5.41, 5.74) is -0.807. The van der Waals surface area contributed by atoms with Gasteiger partial charge in [-0.25, -0.2) is 0 Å². The topological polar surface area (TPSA) is 90.3 Å². The molecule has 0 bridgehead atoms. The molecule has 4 fully saturated rings. The lowest BCUT2D eigenvalue weighted by Gasteiger charge is -2.63. The molecule has 3 N–H and O–H groups in total. The van der Waals surface area contributed by atoms with Crippen molar-refractivity contribution in [2.75, 3.05) is 6.61 Å². The number of aliphatic hydroxyl groups excluding tert-OH is 2. The molecule has 26 heavy (non-hydrogen) atoms. The average Bonchev–Trinajstić information content (AvgIpc) is 3.29. The molecule has 1 unspecified atom stereocenters. The monoisotopic (exact) mass is 362 g/mol. The number of ketones is 1. The molecule has 0 aromatic rings. The Labute approximate surface area is 154 Å². The Balaban J connectivity index is 1.54. The Morgan fingerprint density at radius 1 is 1.23 bits per heavy atom. The molecule has 0 aromatic carbocycles. The van der Waals surface area contributed by atoms with Gasteiger partial charge in [0, 0.05) is 17.3 Å². The molecule has 5 aliphatic rings. The van der Waals surface area contributed by atoms with E-state index in [0.29, 0.717) is 12.8 Å². The van der Waals surface area contributed by atoms with Crippen molar-refractivity contribution in [2.45, 2.75) is 82.2 Å². The normalized spacial score (nSPS) is 56.0. The second-order valence-electron chi connectivity index (χ2n) is 9.90. The van der Waals surface area contributed by atoms with Gasteiger partial charge in [-0.1, -0.05) is 19.4 Å². The van der Waals surface area contributed by atoms with Gasteiger partial charge in [0.1, 0.15) is 11.7 Å². The first kappa shape index (κ1) is 17.4. The third-order valence-electron chi connectivity index (χ3n) is 9.33. The van der Waals surface area contributed by atoms with Gasteiger partial charge in [0.25, 0.3) is 0 Å². The van der Waals surface area contributed by atoms with Crippen molar-refractivity contribution < 1.29 is 24.9 Å². The highest BCUT2D eigenvalue weighted by molar-refractivity contribution is 5.91. The van der Waals surface area contributed by atoms with Crippen molar-refractivity contribution >= 4 is 5.78 Å². The van der Waals surface area contributed by atoms with Crippen molar-refractivity contribution in [3.8, 4) is 0 Å². The van der Waals surface area contributed by atoms with Crippen LogP contribution in [0.5, 0.6) is 0 Å². The summed E-state index contributed by atoms with van der Waals surface area (Å²) >= 11 is 0. The predicted molar refractivity (Wildman–Crippen MR) is 94.2 cm³/mol. The Morgan fingerprint density at radius 3 is 2.73 bits per heavy atom. The van der Waals surface area contributed by atoms with E-state index in [1.54, 1.807) is 6.08 Å². The molecule has 0 spiro atoms. The number of carbonyl (C=O) groups excluding carboxylic acids is 1. The summed E-state index contributed by atoms with van der Waals surface area (Å²) in [7, 11) is 0. The Bertz CT molecular complexity index is 703. The predicted octanol–water partition coefficient (Wildman–Crippen LogP) is 1.73. The zero-order valence-electron chi connectivity index (χ0n) is 15.7. The van der Waals surface area contributed by atoms with Crippen LogP contribution in [-0.2, 0) is 9.53 Å². The quantitative estimate of drug-likeness (QED) is 0.651. The Hall–Kier alpha value is -0.750. The SMILES string of the molecule is C[C@]12CCC(=O)C=C1CC[C@H]1[C@@H]3C[C@H]4O[C@@]4(C(O)CO)[C@@]3(C)CC[C@@]12O. The summed E-state index contributed by atoms with van der Waals surface area (Å²) in [6.45, 7) is 4.08. The number of aliphatic hydroxyl groups is 3. The second-order valence-corrected chi connectivity index (χ2v) is 9.90. The van der Waals surface area contributed by atoms with Crippen molar-refractivity contribution in [2.24, 2.45) is 22.7 Å². The van der Waals surface area contributed by atoms with E-state index in [1.165, 1.54) is 0 Å². The molecule has 1 aliphatic heterocycles. The minimum atomic E-state index is -0.851. The molecule has 1 saturated heterocycles. The number of ether oxygens (including phenoxy) is 1. The van der Waals surface area contributed by atoms with Crippen LogP contribution in [-0.4, -0.2) is 51.1 Å². The van der Waals surface area contributed by atoms with E-state index >= 15 is 0 Å². The minimum Gasteiger partial charge on any atom is -0.394 e. The van der Waals surface area contributed by atoms with Crippen LogP contribution in [0.25, 0.3) is 0 Å². The first-order valence-corrected chi connectivity index (χ1v) is 10.2. The lowest BCUT2D eigenvalue weighted by Crippen LogP contribution is -2.65. The maximum absolute atomic E-state index is 12.0. The van der Waals surface area contributed by atoms with E-state index in [0.717, 1.165) is 37.7 Å². The van der Waals surface area contributed by atoms with Gasteiger partial charge in [-0.2, -0.15) is 0 Å². The molecule has 4 aliphatic carbocycles. The highest BCUT2D eigenvalue weighted by Crippen LogP contribution is 2.74. The number of rotatable bonds is 2. The highest BCUT2D eigenvalue weighted by Gasteiger charge is 2.81. The van der Waals surface area contributed by atoms with Crippen molar-refractivity contribution in [3.63, 3.8) is 0 Å². The van der Waals surface area contributed by atoms with Gasteiger partial charge in [-0.3, -0.25) is 4.79 Å². The molecule has 5 heteroatoms. The molecule has 1 heterocycles. The number of epoxide rings is 1. The smallest absolute Gasteiger partial charge is 0.155 e. The van der Waals surface area contributed by atoms with Gasteiger partial charge < -0.3 is 20.1 Å². The molecule has 5 rings (SSSR count). The lowest BCUT2D eigenvalue weighted by molar-refractivity contribution is -0.209. The van der Waals surface area contributed by atoms with E-state index in [2.05, 4.69) is 13.8 Å². The van der Waals surface area contributed by atoms with Crippen LogP contribution in [0.3, 0.4) is 0 Å². The summed E-state index contributed by atoms with van der Waals surface area (Å²) in [5, 5.41) is 32.1. The fraction of sp³-hybridized carbons (Fsp3) is 0.857. The molecule has 144 valence electrons. The molecule has 0 aromatic heterocycles. The number of fused-ring (bicyclic) bond motifs is 7. The summed E-state index contributed by atoms with van der Waals surface area (Å²) in [6, 6.07) is 0. The number of hydrogen-bond donors (Lipinski definition) is 3. The Morgan fingerprint density at radius 2 is 2.00 bits per heavy atom. The minimum absolute atomic E-state index is 0.000297. The van der Waals surface area contributed by atoms with Gasteiger partial charge in [-0.15, -0.1) is 0 Å². The molecule has 3 saturated carbocycles. The molecular formula is C21H30O5. The van der Waals surface area contributed by atoms with Gasteiger partial charge in [-0.05, 0) is 56.4 Å². The summed E-state index contributed by atoms with van der Waals surface area (Å²) in [6.07, 6.45) is 6.29. The van der Waals surface area contributed by atoms with Crippen LogP contribution in [0, 0.1) is 22.7 Å². The summed E-state index contributed by atoms with van der Waals surface area (Å²) < 4.78 is 5.98. The van der Waals surface area contributed by atoms with Crippen LogP contribution in [0.1, 0.15) is 58.8 Å². The lowest BCUT2D eigenvalue weighted by atomic mass is 9.44. The van der Waals surface area contributed by atoms with Crippen molar-refractivity contribution in [1.82, 2.24) is 0 Å². The fourth-order valence-corrected chi connectivity index (χ4v) is 7.71. The van der Waals surface area contributed by atoms with Crippen LogP contribution in [0.2, 0.25) is 0 Å². The third kappa shape index (κ3) is 1.70. The van der Waals surface area contributed by atoms with Crippen molar-refractivity contribution in [3.05, 3.63) is 11.6 Å². The molecule has 0 amide bonds. The van der Waals surface area contributed by atoms with Crippen molar-refractivity contribution in [1.29, 1.82) is 0 Å². The fourth-order valence-electron chi connectivity index (χ4n) is 7.71. The number of hydrogen-bond acceptors (Lipinski definition) is 5. The summed E-state index contributed by atoms with van der Waals surface area (Å²) in [4.78, 5) is 11.9. The third-order valence-corrected chi connectivity index (χ3v) is 9.33. The van der Waals surface area contributed by atoms with E-state index < -0.39 is 17.3 Å². The number of carbonyl (C=O) groups is 1. The van der Waals surface area contributed by atoms with Crippen LogP contribution >= 0.6 is 0 Å². The standard InChI is InChI=1S/C21H30O5/c1-18-6-5-13(23)9-12(18)3-4-14-15-10-17-21(26-17,16(24)11-22)19(15,2)7-8-20(14,18)25/h9,14-17,22,24-25H,3-8,10-11H2,1-2H3/t14-,15-,16?,17+,18-,19-,20+,21+/m0/s1. The maximum atomic E-state index is 12.0. The van der Waals surface area contributed by atoms with Gasteiger partial charge in [0.2, 0.25) is 0 Å². The molecule has 0 radical (unpaired) electrons. The molecule has 8 atom stereocenters. The van der Waals surface area contributed by atoms with Gasteiger partial charge in [0.15, 0.2) is 5.78 Å². The average molecular weight is 362 g/mol. The first-order chi connectivity index (χ1) is 12.2. The van der Waals surface area contributed by atoms with Crippen LogP contribution in [0.15, 0.2) is 11.6 Å².